The summed E-state index contributed by atoms with van der Waals surface area (Å²) in [4.78, 5) is 54.1. The largest absolute Gasteiger partial charge is 0.452 e. The van der Waals surface area contributed by atoms with Crippen molar-refractivity contribution in [1.82, 2.24) is 15.6 Å². The van der Waals surface area contributed by atoms with E-state index in [-0.39, 0.29) is 11.5 Å². The molecule has 2 aromatic heterocycles. The van der Waals surface area contributed by atoms with Crippen LogP contribution in [0, 0.1) is 0 Å². The van der Waals surface area contributed by atoms with Crippen LogP contribution in [0.4, 0.5) is 9.80 Å². The summed E-state index contributed by atoms with van der Waals surface area (Å²) < 4.78 is 5.18. The molecular formula is C22H26N4O5S. The summed E-state index contributed by atoms with van der Waals surface area (Å²) in [6.45, 7) is 1.85. The van der Waals surface area contributed by atoms with Crippen LogP contribution in [0.3, 0.4) is 0 Å². The second-order valence-corrected chi connectivity index (χ2v) is 8.45. The van der Waals surface area contributed by atoms with Crippen LogP contribution >= 0.6 is 11.3 Å². The van der Waals surface area contributed by atoms with Crippen LogP contribution in [0.2, 0.25) is 0 Å². The first-order valence-electron chi connectivity index (χ1n) is 10.6. The number of rotatable bonds is 8. The molecule has 1 aliphatic rings. The first kappa shape index (κ1) is 23.4. The van der Waals surface area contributed by atoms with Gasteiger partial charge in [-0.05, 0) is 49.8 Å². The number of urea groups is 1. The fourth-order valence-corrected chi connectivity index (χ4v) is 4.60. The molecule has 0 radical (unpaired) electrons. The van der Waals surface area contributed by atoms with E-state index in [4.69, 9.17) is 4.74 Å². The van der Waals surface area contributed by atoms with Crippen LogP contribution in [-0.4, -0.2) is 42.0 Å². The zero-order valence-corrected chi connectivity index (χ0v) is 18.7. The Balaban J connectivity index is 1.67. The Hall–Kier alpha value is -3.27. The average Bonchev–Trinajstić information content (AvgIpc) is 3.16. The van der Waals surface area contributed by atoms with Gasteiger partial charge in [0.25, 0.3) is 11.8 Å². The number of esters is 1. The predicted octanol–water partition coefficient (Wildman–Crippen LogP) is 3.06. The number of carbonyl (C=O) groups excluding carboxylic acids is 4. The van der Waals surface area contributed by atoms with Gasteiger partial charge in [-0.1, -0.05) is 13.3 Å². The maximum atomic E-state index is 12.9. The zero-order valence-electron chi connectivity index (χ0n) is 17.9. The highest BCUT2D eigenvalue weighted by molar-refractivity contribution is 7.17. The summed E-state index contributed by atoms with van der Waals surface area (Å²) >= 11 is 1.35. The first-order chi connectivity index (χ1) is 15.5. The Morgan fingerprint density at radius 3 is 2.75 bits per heavy atom. The van der Waals surface area contributed by atoms with E-state index in [9.17, 15) is 19.2 Å². The molecule has 0 fully saturated rings. The number of fused-ring (bicyclic) bond motifs is 1. The van der Waals surface area contributed by atoms with Gasteiger partial charge in [0.15, 0.2) is 6.61 Å². The molecule has 170 valence electrons. The Kier molecular flexibility index (Phi) is 8.32. The van der Waals surface area contributed by atoms with Gasteiger partial charge in [0, 0.05) is 23.8 Å². The summed E-state index contributed by atoms with van der Waals surface area (Å²) in [6.07, 6.45) is 8.18. The van der Waals surface area contributed by atoms with Crippen LogP contribution in [0.15, 0.2) is 24.5 Å². The molecule has 0 aromatic carbocycles. The number of aromatic nitrogens is 1. The van der Waals surface area contributed by atoms with Crippen molar-refractivity contribution >= 4 is 40.2 Å². The highest BCUT2D eigenvalue weighted by atomic mass is 32.1. The number of ether oxygens (including phenoxy) is 1. The van der Waals surface area contributed by atoms with Crippen molar-refractivity contribution < 1.29 is 23.9 Å². The lowest BCUT2D eigenvalue weighted by atomic mass is 9.95. The number of anilines is 1. The maximum Gasteiger partial charge on any atom is 0.341 e. The van der Waals surface area contributed by atoms with Crippen molar-refractivity contribution in [2.24, 2.45) is 0 Å². The summed E-state index contributed by atoms with van der Waals surface area (Å²) in [5.41, 5.74) is 1.50. The van der Waals surface area contributed by atoms with Crippen molar-refractivity contribution in [2.45, 2.75) is 45.4 Å². The molecule has 0 bridgehead atoms. The molecule has 1 aliphatic carbocycles. The number of pyridine rings is 1. The minimum Gasteiger partial charge on any atom is -0.452 e. The topological polar surface area (TPSA) is 126 Å². The molecule has 2 aromatic rings. The fraction of sp³-hybridized carbons (Fsp3) is 0.409. The third kappa shape index (κ3) is 6.13. The number of unbranched alkanes of at least 4 members (excludes halogenated alkanes) is 1. The third-order valence-corrected chi connectivity index (χ3v) is 6.14. The molecule has 0 saturated carbocycles. The molecule has 0 saturated heterocycles. The van der Waals surface area contributed by atoms with Gasteiger partial charge in [-0.15, -0.1) is 11.3 Å². The Morgan fingerprint density at radius 1 is 1.19 bits per heavy atom. The van der Waals surface area contributed by atoms with Gasteiger partial charge in [0.05, 0.1) is 11.1 Å². The molecule has 0 unspecified atom stereocenters. The van der Waals surface area contributed by atoms with Gasteiger partial charge >= 0.3 is 12.0 Å². The lowest BCUT2D eigenvalue weighted by Crippen LogP contribution is -2.41. The molecule has 0 spiro atoms. The van der Waals surface area contributed by atoms with Crippen LogP contribution in [0.1, 0.15) is 63.8 Å². The normalized spacial score (nSPS) is 12.4. The lowest BCUT2D eigenvalue weighted by molar-refractivity contribution is -0.123. The monoisotopic (exact) mass is 458 g/mol. The smallest absolute Gasteiger partial charge is 0.341 e. The van der Waals surface area contributed by atoms with Crippen LogP contribution in [-0.2, 0) is 22.4 Å². The van der Waals surface area contributed by atoms with Crippen LogP contribution < -0.4 is 16.0 Å². The van der Waals surface area contributed by atoms with Gasteiger partial charge in [-0.3, -0.25) is 19.9 Å². The summed E-state index contributed by atoms with van der Waals surface area (Å²) in [6, 6.07) is 2.65. The van der Waals surface area contributed by atoms with Crippen molar-refractivity contribution in [1.29, 1.82) is 0 Å². The number of imide groups is 1. The van der Waals surface area contributed by atoms with Crippen LogP contribution in [0.25, 0.3) is 0 Å². The van der Waals surface area contributed by atoms with Gasteiger partial charge in [-0.2, -0.15) is 0 Å². The number of carbonyl (C=O) groups is 4. The molecular weight excluding hydrogens is 432 g/mol. The lowest BCUT2D eigenvalue weighted by Gasteiger charge is -2.13. The van der Waals surface area contributed by atoms with Gasteiger partial charge in [-0.25, -0.2) is 9.59 Å². The van der Waals surface area contributed by atoms with Crippen molar-refractivity contribution in [3.05, 3.63) is 46.1 Å². The molecule has 3 rings (SSSR count). The maximum absolute atomic E-state index is 12.9. The van der Waals surface area contributed by atoms with E-state index in [0.29, 0.717) is 23.5 Å². The van der Waals surface area contributed by atoms with E-state index in [0.717, 1.165) is 42.5 Å². The number of hydrogen-bond donors (Lipinski definition) is 3. The molecule has 0 atom stereocenters. The minimum atomic E-state index is -0.725. The van der Waals surface area contributed by atoms with E-state index in [1.165, 1.54) is 17.5 Å². The Morgan fingerprint density at radius 2 is 2.00 bits per heavy atom. The van der Waals surface area contributed by atoms with Crippen LogP contribution in [0.5, 0.6) is 0 Å². The molecule has 4 amide bonds. The molecule has 9 nitrogen and oxygen atoms in total. The number of thiophene rings is 1. The SMILES string of the molecule is CCCCNC(=O)NC(=O)COC(=O)c1c(NC(=O)c2cccnc2)sc2c1CCCC2. The molecule has 2 heterocycles. The zero-order chi connectivity index (χ0) is 22.9. The van der Waals surface area contributed by atoms with E-state index < -0.39 is 24.5 Å². The minimum absolute atomic E-state index is 0.280. The summed E-state index contributed by atoms with van der Waals surface area (Å²) in [5, 5.41) is 7.87. The predicted molar refractivity (Wildman–Crippen MR) is 120 cm³/mol. The Labute approximate surface area is 189 Å². The number of hydrogen-bond acceptors (Lipinski definition) is 7. The fourth-order valence-electron chi connectivity index (χ4n) is 3.33. The Bertz CT molecular complexity index is 990. The van der Waals surface area contributed by atoms with Crippen molar-refractivity contribution in [3.8, 4) is 0 Å². The quantitative estimate of drug-likeness (QED) is 0.412. The second-order valence-electron chi connectivity index (χ2n) is 7.34. The molecule has 3 N–H and O–H groups in total. The van der Waals surface area contributed by atoms with Crippen molar-refractivity contribution in [2.75, 3.05) is 18.5 Å². The number of nitrogens with zero attached hydrogens (tertiary/aromatic N) is 1. The van der Waals surface area contributed by atoms with Gasteiger partial charge in [0.1, 0.15) is 5.00 Å². The second kappa shape index (κ2) is 11.4. The van der Waals surface area contributed by atoms with Gasteiger partial charge < -0.3 is 15.4 Å². The highest BCUT2D eigenvalue weighted by Gasteiger charge is 2.28. The van der Waals surface area contributed by atoms with Crippen molar-refractivity contribution in [3.63, 3.8) is 0 Å². The van der Waals surface area contributed by atoms with E-state index in [2.05, 4.69) is 20.9 Å². The standard InChI is InChI=1S/C22H26N4O5S/c1-2-3-11-24-22(30)25-17(27)13-31-21(29)18-15-8-4-5-9-16(15)32-20(18)26-19(28)14-7-6-10-23-12-14/h6-7,10,12H,2-5,8-9,11,13H2,1H3,(H,26,28)(H2,24,25,27,30). The summed E-state index contributed by atoms with van der Waals surface area (Å²) in [7, 11) is 0. The summed E-state index contributed by atoms with van der Waals surface area (Å²) in [5.74, 6) is -1.81. The number of aryl methyl sites for hydroxylation is 1. The number of amides is 4. The molecule has 0 aliphatic heterocycles. The third-order valence-electron chi connectivity index (χ3n) is 4.93. The van der Waals surface area contributed by atoms with E-state index in [1.54, 1.807) is 18.3 Å². The molecule has 10 heteroatoms. The average molecular weight is 459 g/mol. The van der Waals surface area contributed by atoms with E-state index in [1.807, 2.05) is 6.92 Å². The van der Waals surface area contributed by atoms with Gasteiger partial charge in [0.2, 0.25) is 0 Å². The van der Waals surface area contributed by atoms with E-state index >= 15 is 0 Å². The number of nitrogens with one attached hydrogen (secondary N) is 3. The first-order valence-corrected chi connectivity index (χ1v) is 11.4. The highest BCUT2D eigenvalue weighted by Crippen LogP contribution is 2.38. The molecule has 32 heavy (non-hydrogen) atoms.